The SMILES string of the molecule is CC1(c2nc(-c3ccc(N4CCS(O)(O)CC4)cc3)c([C@@H]3CCCC[C@H]3C(=O)NC3(C#N)CC3)o2)CCC(F)(F)CC1. The van der Waals surface area contributed by atoms with Crippen LogP contribution in [0.5, 0.6) is 0 Å². The molecule has 3 aliphatic carbocycles. The highest BCUT2D eigenvalue weighted by Crippen LogP contribution is 2.49. The minimum atomic E-state index is -2.68. The summed E-state index contributed by atoms with van der Waals surface area (Å²) in [6, 6.07) is 10.2. The van der Waals surface area contributed by atoms with Gasteiger partial charge in [-0.1, -0.05) is 31.9 Å². The van der Waals surface area contributed by atoms with Crippen molar-refractivity contribution in [2.24, 2.45) is 5.92 Å². The lowest BCUT2D eigenvalue weighted by atomic mass is 9.74. The first-order chi connectivity index (χ1) is 19.9. The lowest BCUT2D eigenvalue weighted by Gasteiger charge is -2.41. The highest BCUT2D eigenvalue weighted by Gasteiger charge is 2.48. The number of oxazole rings is 1. The molecule has 4 fully saturated rings. The van der Waals surface area contributed by atoms with Crippen LogP contribution in [-0.4, -0.2) is 56.1 Å². The standard InChI is InChI=1S/C31H40F2N4O4S/c1-29(10-14-31(32,33)15-11-29)28-35-25(21-6-8-22(9-7-21)37-16-18-42(39,40)19-17-37)26(41-28)23-4-2-3-5-24(23)27(38)36-30(20-34)12-13-30/h6-9,23-24,39-40H,2-5,10-19H2,1H3,(H,36,38)/t23-,24-/m1/s1. The van der Waals surface area contributed by atoms with Crippen LogP contribution in [0.25, 0.3) is 11.3 Å². The summed E-state index contributed by atoms with van der Waals surface area (Å²) in [5.74, 6) is -1.62. The third kappa shape index (κ3) is 5.90. The molecule has 1 aromatic heterocycles. The van der Waals surface area contributed by atoms with E-state index in [1.165, 1.54) is 0 Å². The maximum atomic E-state index is 14.1. The molecular formula is C31H40F2N4O4S. The van der Waals surface area contributed by atoms with Gasteiger partial charge in [0.1, 0.15) is 17.0 Å². The number of anilines is 1. The van der Waals surface area contributed by atoms with Gasteiger partial charge >= 0.3 is 0 Å². The van der Waals surface area contributed by atoms with Gasteiger partial charge in [-0.15, -0.1) is 0 Å². The smallest absolute Gasteiger partial charge is 0.248 e. The van der Waals surface area contributed by atoms with Crippen molar-refractivity contribution < 1.29 is 27.1 Å². The molecule has 2 heterocycles. The first-order valence-electron chi connectivity index (χ1n) is 15.1. The molecule has 0 unspecified atom stereocenters. The second-order valence-corrected chi connectivity index (χ2v) is 15.5. The van der Waals surface area contributed by atoms with Gasteiger partial charge in [0, 0.05) is 54.4 Å². The Morgan fingerprint density at radius 3 is 2.33 bits per heavy atom. The zero-order chi connectivity index (χ0) is 29.8. The van der Waals surface area contributed by atoms with E-state index in [4.69, 9.17) is 9.40 Å². The highest BCUT2D eigenvalue weighted by atomic mass is 32.3. The summed E-state index contributed by atoms with van der Waals surface area (Å²) in [5.41, 5.74) is 1.06. The third-order valence-electron chi connectivity index (χ3n) is 9.90. The molecule has 2 atom stereocenters. The molecule has 8 nitrogen and oxygen atoms in total. The number of hydrogen-bond acceptors (Lipinski definition) is 7. The molecule has 0 spiro atoms. The van der Waals surface area contributed by atoms with E-state index in [0.29, 0.717) is 61.2 Å². The first-order valence-corrected chi connectivity index (χ1v) is 17.0. The van der Waals surface area contributed by atoms with Crippen LogP contribution in [0.3, 0.4) is 0 Å². The Labute approximate surface area is 247 Å². The summed E-state index contributed by atoms with van der Waals surface area (Å²) in [5, 5.41) is 12.6. The zero-order valence-corrected chi connectivity index (χ0v) is 24.9. The van der Waals surface area contributed by atoms with Gasteiger partial charge in [-0.25, -0.2) is 13.8 Å². The van der Waals surface area contributed by atoms with Gasteiger partial charge in [-0.2, -0.15) is 15.9 Å². The minimum Gasteiger partial charge on any atom is -0.444 e. The maximum absolute atomic E-state index is 14.1. The number of nitrogens with one attached hydrogen (secondary N) is 1. The van der Waals surface area contributed by atoms with Crippen molar-refractivity contribution in [3.63, 3.8) is 0 Å². The summed E-state index contributed by atoms with van der Waals surface area (Å²) in [4.78, 5) is 20.6. The topological polar surface area (TPSA) is 123 Å². The normalized spacial score (nSPS) is 28.3. The van der Waals surface area contributed by atoms with Gasteiger partial charge in [0.2, 0.25) is 17.7 Å². The molecule has 228 valence electrons. The molecule has 11 heteroatoms. The Morgan fingerprint density at radius 2 is 1.71 bits per heavy atom. The monoisotopic (exact) mass is 602 g/mol. The van der Waals surface area contributed by atoms with Crippen molar-refractivity contribution in [2.75, 3.05) is 29.5 Å². The number of aromatic nitrogens is 1. The minimum absolute atomic E-state index is 0.127. The van der Waals surface area contributed by atoms with E-state index in [-0.39, 0.29) is 43.4 Å². The van der Waals surface area contributed by atoms with Crippen molar-refractivity contribution in [1.29, 1.82) is 5.26 Å². The largest absolute Gasteiger partial charge is 0.444 e. The van der Waals surface area contributed by atoms with Gasteiger partial charge in [0.05, 0.1) is 17.6 Å². The molecule has 1 aromatic carbocycles. The summed E-state index contributed by atoms with van der Waals surface area (Å²) in [6.07, 6.45) is 4.71. The fourth-order valence-corrected chi connectivity index (χ4v) is 7.95. The molecule has 1 aliphatic heterocycles. The van der Waals surface area contributed by atoms with E-state index in [0.717, 1.165) is 30.5 Å². The molecule has 1 saturated heterocycles. The molecular weight excluding hydrogens is 562 g/mol. The van der Waals surface area contributed by atoms with Crippen LogP contribution in [0.1, 0.15) is 88.7 Å². The number of benzene rings is 1. The summed E-state index contributed by atoms with van der Waals surface area (Å²) >= 11 is 0. The maximum Gasteiger partial charge on any atom is 0.248 e. The van der Waals surface area contributed by atoms with E-state index < -0.39 is 27.5 Å². The number of carbonyl (C=O) groups is 1. The van der Waals surface area contributed by atoms with Gasteiger partial charge in [0.15, 0.2) is 0 Å². The molecule has 6 rings (SSSR count). The quantitative estimate of drug-likeness (QED) is 0.331. The number of amides is 1. The summed E-state index contributed by atoms with van der Waals surface area (Å²) in [6.45, 7) is 3.07. The summed E-state index contributed by atoms with van der Waals surface area (Å²) in [7, 11) is -2.50. The van der Waals surface area contributed by atoms with Crippen LogP contribution in [-0.2, 0) is 10.2 Å². The zero-order valence-electron chi connectivity index (χ0n) is 24.1. The number of alkyl halides is 2. The lowest BCUT2D eigenvalue weighted by Crippen LogP contribution is -2.42. The number of carbonyl (C=O) groups excluding carboxylic acids is 1. The van der Waals surface area contributed by atoms with E-state index in [1.807, 2.05) is 31.2 Å². The Bertz CT molecular complexity index is 1350. The van der Waals surface area contributed by atoms with Crippen molar-refractivity contribution in [1.82, 2.24) is 10.3 Å². The molecule has 3 saturated carbocycles. The van der Waals surface area contributed by atoms with Crippen LogP contribution in [0, 0.1) is 17.2 Å². The van der Waals surface area contributed by atoms with Gasteiger partial charge in [-0.3, -0.25) is 13.9 Å². The predicted molar refractivity (Wildman–Crippen MR) is 158 cm³/mol. The Morgan fingerprint density at radius 1 is 1.07 bits per heavy atom. The average molecular weight is 603 g/mol. The van der Waals surface area contributed by atoms with E-state index in [9.17, 15) is 27.9 Å². The Balaban J connectivity index is 1.33. The lowest BCUT2D eigenvalue weighted by molar-refractivity contribution is -0.127. The number of nitriles is 1. The van der Waals surface area contributed by atoms with Crippen LogP contribution in [0.4, 0.5) is 14.5 Å². The summed E-state index contributed by atoms with van der Waals surface area (Å²) < 4.78 is 54.8. The molecule has 0 bridgehead atoms. The van der Waals surface area contributed by atoms with Crippen molar-refractivity contribution >= 4 is 22.2 Å². The predicted octanol–water partition coefficient (Wildman–Crippen LogP) is 6.83. The fourth-order valence-electron chi connectivity index (χ4n) is 6.72. The number of hydrogen-bond donors (Lipinski definition) is 3. The number of halogens is 2. The second kappa shape index (κ2) is 10.8. The van der Waals surface area contributed by atoms with E-state index in [1.54, 1.807) is 0 Å². The average Bonchev–Trinajstić information content (AvgIpc) is 3.60. The number of rotatable bonds is 6. The van der Waals surface area contributed by atoms with Crippen LogP contribution < -0.4 is 10.2 Å². The first kappa shape index (κ1) is 29.4. The Hall–Kier alpha value is -2.68. The second-order valence-electron chi connectivity index (χ2n) is 13.1. The highest BCUT2D eigenvalue weighted by molar-refractivity contribution is 8.24. The van der Waals surface area contributed by atoms with Crippen molar-refractivity contribution in [2.45, 2.75) is 93.9 Å². The molecule has 1 amide bonds. The Kier molecular flexibility index (Phi) is 7.55. The molecule has 2 aromatic rings. The molecule has 3 N–H and O–H groups in total. The van der Waals surface area contributed by atoms with E-state index in [2.05, 4.69) is 16.3 Å². The molecule has 0 radical (unpaired) electrons. The van der Waals surface area contributed by atoms with Crippen LogP contribution in [0.15, 0.2) is 28.7 Å². The third-order valence-corrected chi connectivity index (χ3v) is 11.6. The van der Waals surface area contributed by atoms with Crippen molar-refractivity contribution in [3.05, 3.63) is 35.9 Å². The fraction of sp³-hybridized carbons (Fsp3) is 0.645. The van der Waals surface area contributed by atoms with Crippen LogP contribution >= 0.6 is 10.6 Å². The number of nitrogens with zero attached hydrogens (tertiary/aromatic N) is 3. The molecule has 42 heavy (non-hydrogen) atoms. The van der Waals surface area contributed by atoms with Gasteiger partial charge < -0.3 is 14.6 Å². The molecule has 4 aliphatic rings. The van der Waals surface area contributed by atoms with Gasteiger partial charge in [0.25, 0.3) is 0 Å². The van der Waals surface area contributed by atoms with Gasteiger partial charge in [-0.05, 0) is 50.7 Å². The van der Waals surface area contributed by atoms with Crippen molar-refractivity contribution in [3.8, 4) is 17.3 Å². The van der Waals surface area contributed by atoms with Crippen LogP contribution in [0.2, 0.25) is 0 Å². The van der Waals surface area contributed by atoms with E-state index >= 15 is 0 Å².